The van der Waals surface area contributed by atoms with E-state index in [4.69, 9.17) is 9.47 Å². The first-order chi connectivity index (χ1) is 16.5. The van der Waals surface area contributed by atoms with Gasteiger partial charge >= 0.3 is 6.18 Å². The third kappa shape index (κ3) is 5.68. The summed E-state index contributed by atoms with van der Waals surface area (Å²) in [7, 11) is 0. The number of phenolic OH excluding ortho intramolecular Hbond substituents is 1. The minimum absolute atomic E-state index is 0.0423. The zero-order valence-electron chi connectivity index (χ0n) is 22.4. The molecule has 2 aliphatic rings. The molecule has 0 unspecified atom stereocenters. The Labute approximate surface area is 212 Å². The largest absolute Gasteiger partial charge is 0.508 e. The van der Waals surface area contributed by atoms with Crippen molar-refractivity contribution in [2.75, 3.05) is 13.2 Å². The Hall–Kier alpha value is -2.22. The van der Waals surface area contributed by atoms with Crippen LogP contribution >= 0.6 is 0 Å². The van der Waals surface area contributed by atoms with E-state index in [9.17, 15) is 23.1 Å². The predicted molar refractivity (Wildman–Crippen MR) is 133 cm³/mol. The Bertz CT molecular complexity index is 1010. The summed E-state index contributed by atoms with van der Waals surface area (Å²) in [5, 5.41) is 13.3. The van der Waals surface area contributed by atoms with Crippen LogP contribution in [0.4, 0.5) is 13.2 Å². The number of hydrogen-bond acceptors (Lipinski definition) is 4. The maximum atomic E-state index is 13.3. The topological polar surface area (TPSA) is 67.8 Å². The number of amides is 1. The number of allylic oxidation sites excluding steroid dienone is 1. The lowest BCUT2D eigenvalue weighted by molar-refractivity contribution is -0.187. The number of ether oxygens (including phenoxy) is 2. The van der Waals surface area contributed by atoms with Crippen LogP contribution < -0.4 is 10.1 Å². The Morgan fingerprint density at radius 1 is 1.22 bits per heavy atom. The van der Waals surface area contributed by atoms with E-state index in [-0.39, 0.29) is 29.4 Å². The van der Waals surface area contributed by atoms with Gasteiger partial charge in [0, 0.05) is 35.0 Å². The molecule has 0 saturated carbocycles. The molecule has 0 radical (unpaired) electrons. The summed E-state index contributed by atoms with van der Waals surface area (Å²) in [4.78, 5) is 12.8. The summed E-state index contributed by atoms with van der Waals surface area (Å²) in [5.74, 6) is -0.411. The molecule has 1 aliphatic heterocycles. The van der Waals surface area contributed by atoms with Crippen LogP contribution in [0.15, 0.2) is 23.8 Å². The quantitative estimate of drug-likeness (QED) is 0.389. The molecular weight excluding hydrogens is 471 g/mol. The molecule has 1 aliphatic carbocycles. The van der Waals surface area contributed by atoms with Gasteiger partial charge in [0.15, 0.2) is 0 Å². The number of hydrogen-bond donors (Lipinski definition) is 2. The standard InChI is InChI=1S/C28H40F3NO4/c1-8-9-12-35-16-25(2,3)18-14-21(33)23-19-13-17(24(34)32-27(6,7)28(29,30)31)10-11-20(19)26(4,5)36-22(23)15-18/h10,14-15,19-20,33H,8-9,11-13,16H2,1-7H3,(H,32,34)/t19-,20-/m1/s1. The van der Waals surface area contributed by atoms with Crippen LogP contribution in [-0.2, 0) is 14.9 Å². The van der Waals surface area contributed by atoms with Crippen LogP contribution in [0.5, 0.6) is 11.5 Å². The normalized spacial score (nSPS) is 21.7. The van der Waals surface area contributed by atoms with Gasteiger partial charge in [0.2, 0.25) is 5.91 Å². The molecule has 5 nitrogen and oxygen atoms in total. The molecule has 0 bridgehead atoms. The maximum absolute atomic E-state index is 13.3. The summed E-state index contributed by atoms with van der Waals surface area (Å²) < 4.78 is 52.3. The van der Waals surface area contributed by atoms with E-state index < -0.39 is 23.2 Å². The van der Waals surface area contributed by atoms with Crippen LogP contribution in [0.2, 0.25) is 0 Å². The first-order valence-electron chi connectivity index (χ1n) is 12.7. The van der Waals surface area contributed by atoms with Gasteiger partial charge in [-0.1, -0.05) is 33.3 Å². The van der Waals surface area contributed by atoms with Gasteiger partial charge in [-0.15, -0.1) is 0 Å². The highest BCUT2D eigenvalue weighted by atomic mass is 19.4. The molecule has 0 fully saturated rings. The molecule has 0 spiro atoms. The molecule has 0 saturated heterocycles. The first kappa shape index (κ1) is 28.4. The van der Waals surface area contributed by atoms with Crippen LogP contribution in [0.3, 0.4) is 0 Å². The van der Waals surface area contributed by atoms with E-state index >= 15 is 0 Å². The van der Waals surface area contributed by atoms with E-state index in [1.807, 2.05) is 33.8 Å². The van der Waals surface area contributed by atoms with Gasteiger partial charge < -0.3 is 19.9 Å². The SMILES string of the molecule is CCCCOCC(C)(C)c1cc(O)c2c(c1)OC(C)(C)[C@@H]1CC=C(C(=O)NC(C)(C)C(F)(F)F)C[C@@H]21. The van der Waals surface area contributed by atoms with E-state index in [0.717, 1.165) is 32.3 Å². The molecule has 0 aromatic heterocycles. The smallest absolute Gasteiger partial charge is 0.410 e. The second kappa shape index (κ2) is 9.92. The zero-order valence-corrected chi connectivity index (χ0v) is 22.4. The fraction of sp³-hybridized carbons (Fsp3) is 0.679. The molecule has 2 N–H and O–H groups in total. The number of aromatic hydroxyl groups is 1. The van der Waals surface area contributed by atoms with Crippen molar-refractivity contribution in [1.82, 2.24) is 5.32 Å². The van der Waals surface area contributed by atoms with E-state index in [1.165, 1.54) is 0 Å². The Balaban J connectivity index is 1.90. The molecule has 1 aromatic carbocycles. The number of nitrogens with one attached hydrogen (secondary N) is 1. The second-order valence-electron chi connectivity index (χ2n) is 11.9. The molecule has 3 rings (SSSR count). The van der Waals surface area contributed by atoms with Crippen LogP contribution in [0.1, 0.15) is 91.2 Å². The van der Waals surface area contributed by atoms with E-state index in [1.54, 1.807) is 12.1 Å². The summed E-state index contributed by atoms with van der Waals surface area (Å²) in [6.45, 7) is 13.2. The number of unbranched alkanes of at least 4 members (excludes halogenated alkanes) is 1. The van der Waals surface area contributed by atoms with Crippen LogP contribution in [0, 0.1) is 5.92 Å². The highest BCUT2D eigenvalue weighted by Gasteiger charge is 2.50. The molecule has 36 heavy (non-hydrogen) atoms. The molecule has 1 heterocycles. The van der Waals surface area contributed by atoms with Crippen molar-refractivity contribution < 1.29 is 32.5 Å². The van der Waals surface area contributed by atoms with Crippen molar-refractivity contribution in [3.8, 4) is 11.5 Å². The van der Waals surface area contributed by atoms with Gasteiger partial charge in [0.1, 0.15) is 22.6 Å². The molecule has 8 heteroatoms. The molecule has 1 aromatic rings. The lowest BCUT2D eigenvalue weighted by Gasteiger charge is -2.47. The highest BCUT2D eigenvalue weighted by molar-refractivity contribution is 5.94. The number of rotatable bonds is 8. The lowest BCUT2D eigenvalue weighted by Crippen LogP contribution is -2.55. The zero-order chi connectivity index (χ0) is 27.1. The van der Waals surface area contributed by atoms with Crippen LogP contribution in [-0.4, -0.2) is 41.5 Å². The van der Waals surface area contributed by atoms with E-state index in [2.05, 4.69) is 12.2 Å². The summed E-state index contributed by atoms with van der Waals surface area (Å²) in [6, 6.07) is 3.66. The Morgan fingerprint density at radius 2 is 1.89 bits per heavy atom. The molecular formula is C28H40F3NO4. The van der Waals surface area contributed by atoms with Crippen molar-refractivity contribution >= 4 is 5.91 Å². The van der Waals surface area contributed by atoms with Crippen molar-refractivity contribution in [3.63, 3.8) is 0 Å². The lowest BCUT2D eigenvalue weighted by atomic mass is 9.66. The number of benzene rings is 1. The van der Waals surface area contributed by atoms with Crippen molar-refractivity contribution in [1.29, 1.82) is 0 Å². The molecule has 1 amide bonds. The highest BCUT2D eigenvalue weighted by Crippen LogP contribution is 2.55. The second-order valence-corrected chi connectivity index (χ2v) is 11.9. The fourth-order valence-electron chi connectivity index (χ4n) is 5.06. The van der Waals surface area contributed by atoms with Crippen molar-refractivity contribution in [2.24, 2.45) is 5.92 Å². The van der Waals surface area contributed by atoms with Gasteiger partial charge in [0.05, 0.1) is 6.61 Å². The number of fused-ring (bicyclic) bond motifs is 3. The number of phenols is 1. The van der Waals surface area contributed by atoms with E-state index in [0.29, 0.717) is 36.5 Å². The van der Waals surface area contributed by atoms with Gasteiger partial charge in [0.25, 0.3) is 0 Å². The summed E-state index contributed by atoms with van der Waals surface area (Å²) in [5.41, 5.74) is -1.53. The number of halogens is 3. The maximum Gasteiger partial charge on any atom is 0.410 e. The third-order valence-corrected chi connectivity index (χ3v) is 7.61. The molecule has 202 valence electrons. The van der Waals surface area contributed by atoms with Gasteiger partial charge in [-0.2, -0.15) is 13.2 Å². The monoisotopic (exact) mass is 511 g/mol. The summed E-state index contributed by atoms with van der Waals surface area (Å²) >= 11 is 0. The Kier molecular flexibility index (Phi) is 7.81. The number of alkyl halides is 3. The number of carbonyl (C=O) groups excluding carboxylic acids is 1. The van der Waals surface area contributed by atoms with Crippen LogP contribution in [0.25, 0.3) is 0 Å². The average molecular weight is 512 g/mol. The van der Waals surface area contributed by atoms with Gasteiger partial charge in [-0.25, -0.2) is 0 Å². The minimum Gasteiger partial charge on any atom is -0.508 e. The fourth-order valence-corrected chi connectivity index (χ4v) is 5.06. The average Bonchev–Trinajstić information content (AvgIpc) is 2.74. The minimum atomic E-state index is -4.57. The first-order valence-corrected chi connectivity index (χ1v) is 12.7. The van der Waals surface area contributed by atoms with Crippen molar-refractivity contribution in [2.45, 2.75) is 103 Å². The summed E-state index contributed by atoms with van der Waals surface area (Å²) in [6.07, 6.45) is -0.148. The third-order valence-electron chi connectivity index (χ3n) is 7.61. The Morgan fingerprint density at radius 3 is 2.50 bits per heavy atom. The number of carbonyl (C=O) groups is 1. The predicted octanol–water partition coefficient (Wildman–Crippen LogP) is 6.53. The van der Waals surface area contributed by atoms with Gasteiger partial charge in [-0.3, -0.25) is 4.79 Å². The molecule has 2 atom stereocenters. The van der Waals surface area contributed by atoms with Gasteiger partial charge in [-0.05, 0) is 64.7 Å². The van der Waals surface area contributed by atoms with Crippen molar-refractivity contribution in [3.05, 3.63) is 34.9 Å².